The summed E-state index contributed by atoms with van der Waals surface area (Å²) in [6.45, 7) is 15.6. The van der Waals surface area contributed by atoms with Crippen molar-refractivity contribution in [3.63, 3.8) is 0 Å². The summed E-state index contributed by atoms with van der Waals surface area (Å²) < 4.78 is 5.68. The topological polar surface area (TPSA) is 26.3 Å². The van der Waals surface area contributed by atoms with Crippen LogP contribution in [0.1, 0.15) is 66.7 Å². The monoisotopic (exact) mass is 378 g/mol. The zero-order valence-electron chi connectivity index (χ0n) is 17.1. The number of hydrogen-bond donors (Lipinski definition) is 0. The summed E-state index contributed by atoms with van der Waals surface area (Å²) in [6, 6.07) is 10.4. The molecule has 0 heterocycles. The van der Waals surface area contributed by atoms with Crippen molar-refractivity contribution < 1.29 is 9.53 Å². The molecule has 0 aromatic heterocycles. The van der Waals surface area contributed by atoms with E-state index in [2.05, 4.69) is 60.6 Å². The molecule has 2 nitrogen and oxygen atoms in total. The number of aryl methyl sites for hydroxylation is 3. The van der Waals surface area contributed by atoms with Crippen molar-refractivity contribution in [2.24, 2.45) is 0 Å². The van der Waals surface area contributed by atoms with Crippen LogP contribution in [-0.2, 0) is 5.41 Å². The van der Waals surface area contributed by atoms with Crippen LogP contribution in [0.5, 0.6) is 5.75 Å². The molecule has 0 amide bonds. The molecule has 0 aliphatic heterocycles. The Labute approximate surface area is 178 Å². The van der Waals surface area contributed by atoms with Crippen LogP contribution < -0.4 is 10.0 Å². The van der Waals surface area contributed by atoms with Gasteiger partial charge in [0.05, 0.1) is 6.61 Å². The molecule has 4 heteroatoms. The van der Waals surface area contributed by atoms with Gasteiger partial charge in [0.1, 0.15) is 5.75 Å². The number of carbonyl (C=O) groups is 1. The van der Waals surface area contributed by atoms with Crippen molar-refractivity contribution in [1.82, 2.24) is 0 Å². The van der Waals surface area contributed by atoms with Crippen LogP contribution in [0.2, 0.25) is 0 Å². The molecule has 27 heavy (non-hydrogen) atoms. The van der Waals surface area contributed by atoms with E-state index in [4.69, 9.17) is 4.74 Å². The van der Waals surface area contributed by atoms with Gasteiger partial charge >= 0.3 is 18.9 Å². The van der Waals surface area contributed by atoms with Gasteiger partial charge in [-0.15, -0.1) is 0 Å². The predicted octanol–water partition coefficient (Wildman–Crippen LogP) is 5.19. The molecule has 2 aromatic rings. The molecule has 0 fully saturated rings. The molecule has 2 rings (SSSR count). The molecular weight excluding hydrogens is 346 g/mol. The summed E-state index contributed by atoms with van der Waals surface area (Å²) in [7, 11) is 0.135. The van der Waals surface area contributed by atoms with E-state index in [-0.39, 0.29) is 38.4 Å². The Bertz CT molecular complexity index is 784. The molecule has 142 valence electrons. The first-order chi connectivity index (χ1) is 12.1. The van der Waals surface area contributed by atoms with Gasteiger partial charge in [0.15, 0.2) is 5.52 Å². The Morgan fingerprint density at radius 2 is 1.59 bits per heavy atom. The van der Waals surface area contributed by atoms with Gasteiger partial charge in [-0.05, 0) is 80.9 Å². The average Bonchev–Trinajstić information content (AvgIpc) is 2.53. The van der Waals surface area contributed by atoms with E-state index in [1.807, 2.05) is 18.2 Å². The van der Waals surface area contributed by atoms with Crippen molar-refractivity contribution in [3.05, 3.63) is 58.1 Å². The van der Waals surface area contributed by atoms with E-state index in [1.54, 1.807) is 0 Å². The molecule has 0 bridgehead atoms. The molecule has 0 N–H and O–H groups in total. The SMILES string of the molecule is CCCOc1ccc(PC(=O)c2c(C)cc(C(C)(C)C)cc2C)c(C)c1.[LiH]. The van der Waals surface area contributed by atoms with Crippen LogP contribution in [0, 0.1) is 20.8 Å². The van der Waals surface area contributed by atoms with Crippen molar-refractivity contribution in [2.75, 3.05) is 6.61 Å². The second-order valence-electron chi connectivity index (χ2n) is 8.01. The summed E-state index contributed by atoms with van der Waals surface area (Å²) in [4.78, 5) is 13.0. The number of rotatable bonds is 6. The second kappa shape index (κ2) is 9.93. The molecular formula is C23H32LiO2P. The number of benzene rings is 2. The van der Waals surface area contributed by atoms with E-state index >= 15 is 0 Å². The Kier molecular flexibility index (Phi) is 8.82. The van der Waals surface area contributed by atoms with Gasteiger partial charge in [-0.25, -0.2) is 0 Å². The maximum absolute atomic E-state index is 13.0. The predicted molar refractivity (Wildman–Crippen MR) is 121 cm³/mol. The van der Waals surface area contributed by atoms with E-state index in [1.165, 1.54) is 5.56 Å². The van der Waals surface area contributed by atoms with E-state index in [0.717, 1.165) is 46.3 Å². The fourth-order valence-electron chi connectivity index (χ4n) is 3.03. The first-order valence-electron chi connectivity index (χ1n) is 9.30. The van der Waals surface area contributed by atoms with Crippen molar-refractivity contribution in [3.8, 4) is 5.75 Å². The van der Waals surface area contributed by atoms with Crippen LogP contribution in [0.25, 0.3) is 0 Å². The van der Waals surface area contributed by atoms with Crippen LogP contribution in [0.4, 0.5) is 0 Å². The summed E-state index contributed by atoms with van der Waals surface area (Å²) in [5.41, 5.74) is 5.73. The Hall–Kier alpha value is -1.06. The van der Waals surface area contributed by atoms with Gasteiger partial charge < -0.3 is 4.74 Å². The van der Waals surface area contributed by atoms with Gasteiger partial charge in [0.25, 0.3) is 0 Å². The molecule has 0 aliphatic carbocycles. The third-order valence-corrected chi connectivity index (χ3v) is 5.85. The summed E-state index contributed by atoms with van der Waals surface area (Å²) in [5.74, 6) is 0.882. The fraction of sp³-hybridized carbons (Fsp3) is 0.435. The third-order valence-electron chi connectivity index (χ3n) is 4.54. The van der Waals surface area contributed by atoms with Crippen LogP contribution in [-0.4, -0.2) is 31.0 Å². The first-order valence-corrected chi connectivity index (χ1v) is 10.3. The third kappa shape index (κ3) is 6.22. The van der Waals surface area contributed by atoms with Gasteiger partial charge in [-0.1, -0.05) is 45.9 Å². The van der Waals surface area contributed by atoms with Crippen molar-refractivity contribution in [1.29, 1.82) is 0 Å². The molecule has 1 atom stereocenters. The normalized spacial score (nSPS) is 11.5. The molecule has 0 radical (unpaired) electrons. The van der Waals surface area contributed by atoms with Gasteiger partial charge in [-0.2, -0.15) is 0 Å². The second-order valence-corrected chi connectivity index (χ2v) is 9.26. The summed E-state index contributed by atoms with van der Waals surface area (Å²) in [6.07, 6.45) is 0.990. The quantitative estimate of drug-likeness (QED) is 0.511. The first kappa shape index (κ1) is 24.0. The van der Waals surface area contributed by atoms with Crippen molar-refractivity contribution >= 4 is 38.3 Å². The van der Waals surface area contributed by atoms with Gasteiger partial charge in [0, 0.05) is 5.56 Å². The van der Waals surface area contributed by atoms with Crippen LogP contribution >= 0.6 is 8.58 Å². The number of hydrogen-bond acceptors (Lipinski definition) is 2. The Morgan fingerprint density at radius 1 is 1.00 bits per heavy atom. The van der Waals surface area contributed by atoms with Crippen LogP contribution in [0.3, 0.4) is 0 Å². The van der Waals surface area contributed by atoms with Gasteiger partial charge in [-0.3, -0.25) is 4.79 Å². The maximum atomic E-state index is 13.0. The van der Waals surface area contributed by atoms with Gasteiger partial charge in [0.2, 0.25) is 0 Å². The van der Waals surface area contributed by atoms with Crippen molar-refractivity contribution in [2.45, 2.75) is 60.3 Å². The minimum absolute atomic E-state index is 0. The molecule has 1 unspecified atom stereocenters. The number of carbonyl (C=O) groups excluding carboxylic acids is 1. The molecule has 0 spiro atoms. The zero-order valence-corrected chi connectivity index (χ0v) is 18.1. The van der Waals surface area contributed by atoms with E-state index < -0.39 is 0 Å². The molecule has 0 saturated carbocycles. The molecule has 2 aromatic carbocycles. The Balaban J connectivity index is 0.00000364. The minimum atomic E-state index is 0. The summed E-state index contributed by atoms with van der Waals surface area (Å²) >= 11 is 0. The zero-order chi connectivity index (χ0) is 19.5. The van der Waals surface area contributed by atoms with Crippen LogP contribution in [0.15, 0.2) is 30.3 Å². The van der Waals surface area contributed by atoms with E-state index in [9.17, 15) is 4.79 Å². The standard InChI is InChI=1S/C23H31O2P.Li.H/c1-8-11-25-19-9-10-20(15(2)14-19)26-22(24)21-16(3)12-18(13-17(21)4)23(5,6)7;;/h9-10,12-14,26H,8,11H2,1-7H3;;. The molecule has 0 saturated heterocycles. The Morgan fingerprint density at radius 3 is 2.07 bits per heavy atom. The summed E-state index contributed by atoms with van der Waals surface area (Å²) in [5, 5.41) is 1.09. The average molecular weight is 378 g/mol. The molecule has 0 aliphatic rings. The number of ether oxygens (including phenoxy) is 1. The fourth-order valence-corrected chi connectivity index (χ4v) is 4.23. The van der Waals surface area contributed by atoms with E-state index in [0.29, 0.717) is 0 Å².